The predicted octanol–water partition coefficient (Wildman–Crippen LogP) is 3.80. The van der Waals surface area contributed by atoms with Gasteiger partial charge in [0.05, 0.1) is 0 Å². The topological polar surface area (TPSA) is 0 Å². The highest BCUT2D eigenvalue weighted by Crippen LogP contribution is 2.27. The first-order chi connectivity index (χ1) is 5.66. The minimum atomic E-state index is 0.0825. The summed E-state index contributed by atoms with van der Waals surface area (Å²) >= 11 is 11.8. The van der Waals surface area contributed by atoms with Crippen molar-refractivity contribution in [2.45, 2.75) is 12.8 Å². The van der Waals surface area contributed by atoms with Crippen molar-refractivity contribution in [1.29, 1.82) is 0 Å². The Morgan fingerprint density at radius 1 is 1.50 bits per heavy atom. The first-order valence-corrected chi connectivity index (χ1v) is 4.72. The van der Waals surface area contributed by atoms with E-state index in [0.717, 1.165) is 16.1 Å². The monoisotopic (exact) mass is 201 g/mol. The van der Waals surface area contributed by atoms with E-state index in [2.05, 4.69) is 6.92 Å². The Morgan fingerprint density at radius 2 is 2.17 bits per heavy atom. The lowest BCUT2D eigenvalue weighted by atomic mass is 10.0. The second kappa shape index (κ2) is 4.15. The molecule has 0 amide bonds. The molecule has 1 aromatic carbocycles. The van der Waals surface area contributed by atoms with Crippen LogP contribution in [0.2, 0.25) is 5.02 Å². The van der Waals surface area contributed by atoms with E-state index in [1.54, 1.807) is 0 Å². The van der Waals surface area contributed by atoms with E-state index in [0.29, 0.717) is 5.88 Å². The highest BCUT2D eigenvalue weighted by Gasteiger charge is 2.09. The van der Waals surface area contributed by atoms with Crippen molar-refractivity contribution in [3.8, 4) is 0 Å². The third-order valence-electron chi connectivity index (χ3n) is 1.85. The first kappa shape index (κ1) is 9.88. The van der Waals surface area contributed by atoms with Crippen molar-refractivity contribution in [2.75, 3.05) is 5.88 Å². The van der Waals surface area contributed by atoms with Gasteiger partial charge in [0, 0.05) is 10.9 Å². The molecule has 0 saturated carbocycles. The molecular weight excluding hydrogens is 191 g/mol. The number of alkyl halides is 1. The summed E-state index contributed by atoms with van der Waals surface area (Å²) in [5, 5.41) is 0.790. The van der Waals surface area contributed by atoms with Gasteiger partial charge < -0.3 is 0 Å². The van der Waals surface area contributed by atoms with Gasteiger partial charge >= 0.3 is 0 Å². The SMILES string of the molecule is [CH2]C(CCl)c1cccc(C)c1Cl. The summed E-state index contributed by atoms with van der Waals surface area (Å²) < 4.78 is 0. The second-order valence-corrected chi connectivity index (χ2v) is 3.52. The standard InChI is InChI=1S/C10H11Cl2/c1-7-4-3-5-9(10(7)12)8(2)6-11/h3-5,8H,2,6H2,1H3. The van der Waals surface area contributed by atoms with Gasteiger partial charge in [-0.2, -0.15) is 0 Å². The van der Waals surface area contributed by atoms with Gasteiger partial charge in [0.15, 0.2) is 0 Å². The number of benzene rings is 1. The van der Waals surface area contributed by atoms with Crippen molar-refractivity contribution >= 4 is 23.2 Å². The van der Waals surface area contributed by atoms with E-state index in [9.17, 15) is 0 Å². The van der Waals surface area contributed by atoms with Crippen LogP contribution in [0.25, 0.3) is 0 Å². The fraction of sp³-hybridized carbons (Fsp3) is 0.300. The Labute approximate surface area is 83.5 Å². The predicted molar refractivity (Wildman–Crippen MR) is 55.0 cm³/mol. The molecular formula is C10H11Cl2. The Kier molecular flexibility index (Phi) is 3.42. The molecule has 0 aliphatic heterocycles. The molecule has 0 N–H and O–H groups in total. The number of aryl methyl sites for hydroxylation is 1. The number of hydrogen-bond donors (Lipinski definition) is 0. The van der Waals surface area contributed by atoms with Gasteiger partial charge in [-0.3, -0.25) is 0 Å². The average Bonchev–Trinajstić information content (AvgIpc) is 2.08. The van der Waals surface area contributed by atoms with Crippen LogP contribution in [0.15, 0.2) is 18.2 Å². The van der Waals surface area contributed by atoms with Crippen LogP contribution in [0.3, 0.4) is 0 Å². The molecule has 1 radical (unpaired) electrons. The molecule has 0 nitrogen and oxygen atoms in total. The molecule has 0 saturated heterocycles. The second-order valence-electron chi connectivity index (χ2n) is 2.83. The van der Waals surface area contributed by atoms with Gasteiger partial charge in [0.25, 0.3) is 0 Å². The van der Waals surface area contributed by atoms with E-state index < -0.39 is 0 Å². The highest BCUT2D eigenvalue weighted by molar-refractivity contribution is 6.32. The van der Waals surface area contributed by atoms with Crippen LogP contribution in [-0.2, 0) is 0 Å². The van der Waals surface area contributed by atoms with E-state index >= 15 is 0 Å². The molecule has 65 valence electrons. The maximum absolute atomic E-state index is 6.07. The van der Waals surface area contributed by atoms with Gasteiger partial charge in [0.1, 0.15) is 0 Å². The van der Waals surface area contributed by atoms with Crippen molar-refractivity contribution in [2.24, 2.45) is 0 Å². The van der Waals surface area contributed by atoms with Crippen LogP contribution in [0.5, 0.6) is 0 Å². The number of halogens is 2. The normalized spacial score (nSPS) is 13.0. The van der Waals surface area contributed by atoms with Crippen molar-refractivity contribution in [3.05, 3.63) is 41.3 Å². The molecule has 0 aliphatic carbocycles. The van der Waals surface area contributed by atoms with Crippen molar-refractivity contribution < 1.29 is 0 Å². The minimum Gasteiger partial charge on any atom is -0.126 e. The Bertz CT molecular complexity index is 269. The Balaban J connectivity index is 3.07. The summed E-state index contributed by atoms with van der Waals surface area (Å²) in [7, 11) is 0. The molecule has 1 rings (SSSR count). The maximum atomic E-state index is 6.07. The molecule has 1 aromatic rings. The molecule has 12 heavy (non-hydrogen) atoms. The summed E-state index contributed by atoms with van der Waals surface area (Å²) in [6.45, 7) is 5.89. The fourth-order valence-corrected chi connectivity index (χ4v) is 1.52. The first-order valence-electron chi connectivity index (χ1n) is 3.81. The lowest BCUT2D eigenvalue weighted by Gasteiger charge is -2.11. The van der Waals surface area contributed by atoms with E-state index in [-0.39, 0.29) is 5.92 Å². The smallest absolute Gasteiger partial charge is 0.0470 e. The van der Waals surface area contributed by atoms with Crippen LogP contribution >= 0.6 is 23.2 Å². The summed E-state index contributed by atoms with van der Waals surface area (Å²) in [5.74, 6) is 0.586. The zero-order valence-corrected chi connectivity index (χ0v) is 8.49. The third-order valence-corrected chi connectivity index (χ3v) is 2.74. The number of hydrogen-bond acceptors (Lipinski definition) is 0. The quantitative estimate of drug-likeness (QED) is 0.639. The summed E-state index contributed by atoms with van der Waals surface area (Å²) in [6, 6.07) is 5.92. The van der Waals surface area contributed by atoms with Crippen LogP contribution in [0.4, 0.5) is 0 Å². The largest absolute Gasteiger partial charge is 0.126 e. The Hall–Kier alpha value is -0.200. The molecule has 0 fully saturated rings. The van der Waals surface area contributed by atoms with Gasteiger partial charge in [-0.15, -0.1) is 11.6 Å². The molecule has 0 aliphatic rings. The van der Waals surface area contributed by atoms with Gasteiger partial charge in [-0.1, -0.05) is 29.8 Å². The zero-order chi connectivity index (χ0) is 9.14. The summed E-state index contributed by atoms with van der Waals surface area (Å²) in [4.78, 5) is 0. The van der Waals surface area contributed by atoms with Crippen LogP contribution in [-0.4, -0.2) is 5.88 Å². The molecule has 1 unspecified atom stereocenters. The zero-order valence-electron chi connectivity index (χ0n) is 6.98. The highest BCUT2D eigenvalue weighted by atomic mass is 35.5. The van der Waals surface area contributed by atoms with E-state index in [4.69, 9.17) is 23.2 Å². The molecule has 0 aromatic heterocycles. The maximum Gasteiger partial charge on any atom is 0.0470 e. The average molecular weight is 202 g/mol. The molecule has 0 bridgehead atoms. The molecule has 2 heteroatoms. The molecule has 0 heterocycles. The summed E-state index contributed by atoms with van der Waals surface area (Å²) in [5.41, 5.74) is 2.11. The lowest BCUT2D eigenvalue weighted by molar-refractivity contribution is 0.971. The fourth-order valence-electron chi connectivity index (χ4n) is 1.07. The van der Waals surface area contributed by atoms with Crippen LogP contribution in [0.1, 0.15) is 17.0 Å². The molecule has 0 spiro atoms. The van der Waals surface area contributed by atoms with Gasteiger partial charge in [0.2, 0.25) is 0 Å². The van der Waals surface area contributed by atoms with Crippen LogP contribution < -0.4 is 0 Å². The van der Waals surface area contributed by atoms with Crippen LogP contribution in [0, 0.1) is 13.8 Å². The lowest BCUT2D eigenvalue weighted by Crippen LogP contribution is -1.96. The number of rotatable bonds is 2. The van der Waals surface area contributed by atoms with Crippen molar-refractivity contribution in [1.82, 2.24) is 0 Å². The minimum absolute atomic E-state index is 0.0825. The third kappa shape index (κ3) is 1.94. The Morgan fingerprint density at radius 3 is 2.75 bits per heavy atom. The van der Waals surface area contributed by atoms with E-state index in [1.165, 1.54) is 0 Å². The van der Waals surface area contributed by atoms with Gasteiger partial charge in [-0.05, 0) is 30.9 Å². The molecule has 1 atom stereocenters. The van der Waals surface area contributed by atoms with Crippen molar-refractivity contribution in [3.63, 3.8) is 0 Å². The summed E-state index contributed by atoms with van der Waals surface area (Å²) in [6.07, 6.45) is 0. The van der Waals surface area contributed by atoms with Gasteiger partial charge in [-0.25, -0.2) is 0 Å². The van der Waals surface area contributed by atoms with E-state index in [1.807, 2.05) is 25.1 Å².